The SMILES string of the molecule is CC(=O)Nc1ccc(C(=O)NCCNC(=O)C2CCCN(c3cc(-n4cncn4)ncn3)C2)cc1. The number of anilines is 2. The highest BCUT2D eigenvalue weighted by atomic mass is 16.2. The number of rotatable bonds is 8. The molecular weight excluding hydrogens is 450 g/mol. The monoisotopic (exact) mass is 477 g/mol. The standard InChI is InChI=1S/C23H27N9O3/c1-16(33)30-19-6-4-17(5-7-19)22(34)25-8-9-26-23(35)18-3-2-10-31(12-18)20-11-21(28-14-27-20)32-15-24-13-29-32/h4-7,11,13-15,18H,2-3,8-10,12H2,1H3,(H,25,34)(H,26,35)(H,30,33). The molecule has 0 aliphatic carbocycles. The molecule has 3 amide bonds. The largest absolute Gasteiger partial charge is 0.356 e. The molecule has 1 unspecified atom stereocenters. The summed E-state index contributed by atoms with van der Waals surface area (Å²) in [4.78, 5) is 50.7. The van der Waals surface area contributed by atoms with Gasteiger partial charge in [0.15, 0.2) is 5.82 Å². The van der Waals surface area contributed by atoms with E-state index in [4.69, 9.17) is 0 Å². The second-order valence-electron chi connectivity index (χ2n) is 8.17. The lowest BCUT2D eigenvalue weighted by Crippen LogP contribution is -2.45. The first kappa shape index (κ1) is 23.8. The predicted molar refractivity (Wildman–Crippen MR) is 128 cm³/mol. The van der Waals surface area contributed by atoms with Crippen LogP contribution in [0.1, 0.15) is 30.1 Å². The van der Waals surface area contributed by atoms with Gasteiger partial charge in [0.2, 0.25) is 11.8 Å². The van der Waals surface area contributed by atoms with Crippen molar-refractivity contribution in [2.24, 2.45) is 5.92 Å². The highest BCUT2D eigenvalue weighted by Gasteiger charge is 2.26. The second kappa shape index (κ2) is 11.2. The number of benzene rings is 1. The number of nitrogens with one attached hydrogen (secondary N) is 3. The Bertz CT molecular complexity index is 1170. The van der Waals surface area contributed by atoms with Gasteiger partial charge in [-0.15, -0.1) is 0 Å². The number of aromatic nitrogens is 5. The number of amides is 3. The summed E-state index contributed by atoms with van der Waals surface area (Å²) in [6.45, 7) is 3.41. The average molecular weight is 478 g/mol. The Kier molecular flexibility index (Phi) is 7.60. The zero-order chi connectivity index (χ0) is 24.6. The quantitative estimate of drug-likeness (QED) is 0.403. The molecule has 2 aromatic heterocycles. The van der Waals surface area contributed by atoms with Gasteiger partial charge in [0.05, 0.1) is 5.92 Å². The van der Waals surface area contributed by atoms with Crippen molar-refractivity contribution < 1.29 is 14.4 Å². The third-order valence-electron chi connectivity index (χ3n) is 5.59. The van der Waals surface area contributed by atoms with Crippen molar-refractivity contribution in [3.8, 4) is 5.82 Å². The van der Waals surface area contributed by atoms with Crippen LogP contribution >= 0.6 is 0 Å². The summed E-state index contributed by atoms with van der Waals surface area (Å²) in [7, 11) is 0. The van der Waals surface area contributed by atoms with Gasteiger partial charge in [-0.2, -0.15) is 5.10 Å². The molecule has 1 aromatic carbocycles. The number of hydrogen-bond acceptors (Lipinski definition) is 8. The number of carbonyl (C=O) groups is 3. The molecule has 12 heteroatoms. The van der Waals surface area contributed by atoms with Crippen molar-refractivity contribution in [1.29, 1.82) is 0 Å². The fourth-order valence-corrected chi connectivity index (χ4v) is 3.88. The molecule has 4 rings (SSSR count). The highest BCUT2D eigenvalue weighted by molar-refractivity contribution is 5.95. The van der Waals surface area contributed by atoms with Gasteiger partial charge in [-0.3, -0.25) is 14.4 Å². The molecule has 0 bridgehead atoms. The summed E-state index contributed by atoms with van der Waals surface area (Å²) >= 11 is 0. The van der Waals surface area contributed by atoms with Crippen LogP contribution in [0.5, 0.6) is 0 Å². The smallest absolute Gasteiger partial charge is 0.251 e. The van der Waals surface area contributed by atoms with E-state index in [1.54, 1.807) is 35.3 Å². The lowest BCUT2D eigenvalue weighted by molar-refractivity contribution is -0.125. The molecule has 1 aliphatic rings. The van der Waals surface area contributed by atoms with Gasteiger partial charge in [-0.05, 0) is 37.1 Å². The maximum atomic E-state index is 12.7. The minimum atomic E-state index is -0.246. The van der Waals surface area contributed by atoms with E-state index in [1.165, 1.54) is 19.6 Å². The summed E-state index contributed by atoms with van der Waals surface area (Å²) in [6, 6.07) is 8.43. The van der Waals surface area contributed by atoms with Crippen LogP contribution in [0.4, 0.5) is 11.5 Å². The second-order valence-corrected chi connectivity index (χ2v) is 8.17. The lowest BCUT2D eigenvalue weighted by atomic mass is 9.97. The molecule has 0 spiro atoms. The molecule has 3 N–H and O–H groups in total. The minimum absolute atomic E-state index is 0.0471. The van der Waals surface area contributed by atoms with Crippen LogP contribution < -0.4 is 20.9 Å². The number of piperidine rings is 1. The van der Waals surface area contributed by atoms with Gasteiger partial charge in [0, 0.05) is 50.4 Å². The van der Waals surface area contributed by atoms with Crippen LogP contribution in [0, 0.1) is 5.92 Å². The predicted octanol–water partition coefficient (Wildman–Crippen LogP) is 0.778. The van der Waals surface area contributed by atoms with Crippen LogP contribution in [0.15, 0.2) is 49.3 Å². The number of nitrogens with zero attached hydrogens (tertiary/aromatic N) is 6. The van der Waals surface area contributed by atoms with E-state index in [1.807, 2.05) is 6.07 Å². The first-order valence-electron chi connectivity index (χ1n) is 11.3. The van der Waals surface area contributed by atoms with Crippen molar-refractivity contribution in [2.75, 3.05) is 36.4 Å². The summed E-state index contributed by atoms with van der Waals surface area (Å²) in [5.74, 6) is 0.705. The summed E-state index contributed by atoms with van der Waals surface area (Å²) in [6.07, 6.45) is 6.14. The molecule has 1 aliphatic heterocycles. The Morgan fingerprint density at radius 3 is 2.54 bits per heavy atom. The van der Waals surface area contributed by atoms with Crippen molar-refractivity contribution >= 4 is 29.2 Å². The zero-order valence-corrected chi connectivity index (χ0v) is 19.3. The average Bonchev–Trinajstić information content (AvgIpc) is 3.42. The maximum Gasteiger partial charge on any atom is 0.251 e. The summed E-state index contributed by atoms with van der Waals surface area (Å²) in [5, 5.41) is 12.4. The van der Waals surface area contributed by atoms with Gasteiger partial charge >= 0.3 is 0 Å². The third kappa shape index (κ3) is 6.37. The van der Waals surface area contributed by atoms with Gasteiger partial charge in [0.25, 0.3) is 5.91 Å². The zero-order valence-electron chi connectivity index (χ0n) is 19.3. The van der Waals surface area contributed by atoms with E-state index < -0.39 is 0 Å². The Labute approximate surface area is 202 Å². The Morgan fingerprint density at radius 2 is 1.80 bits per heavy atom. The Balaban J connectivity index is 1.23. The van der Waals surface area contributed by atoms with Crippen LogP contribution in [0.2, 0.25) is 0 Å². The van der Waals surface area contributed by atoms with E-state index in [9.17, 15) is 14.4 Å². The van der Waals surface area contributed by atoms with E-state index in [0.29, 0.717) is 36.7 Å². The van der Waals surface area contributed by atoms with Crippen LogP contribution in [-0.2, 0) is 9.59 Å². The first-order chi connectivity index (χ1) is 17.0. The van der Waals surface area contributed by atoms with Gasteiger partial charge in [-0.25, -0.2) is 19.6 Å². The fourth-order valence-electron chi connectivity index (χ4n) is 3.88. The molecule has 1 atom stereocenters. The molecule has 3 heterocycles. The lowest BCUT2D eigenvalue weighted by Gasteiger charge is -2.32. The van der Waals surface area contributed by atoms with Crippen molar-refractivity contribution in [2.45, 2.75) is 19.8 Å². The molecule has 0 saturated carbocycles. The van der Waals surface area contributed by atoms with Crippen molar-refractivity contribution in [1.82, 2.24) is 35.4 Å². The van der Waals surface area contributed by atoms with Crippen molar-refractivity contribution in [3.05, 3.63) is 54.9 Å². The van der Waals surface area contributed by atoms with E-state index in [0.717, 1.165) is 25.2 Å². The van der Waals surface area contributed by atoms with Gasteiger partial charge in [0.1, 0.15) is 24.8 Å². The highest BCUT2D eigenvalue weighted by Crippen LogP contribution is 2.22. The molecule has 35 heavy (non-hydrogen) atoms. The fraction of sp³-hybridized carbons (Fsp3) is 0.348. The van der Waals surface area contributed by atoms with E-state index in [2.05, 4.69) is 40.9 Å². The van der Waals surface area contributed by atoms with Gasteiger partial charge in [-0.1, -0.05) is 0 Å². The molecular formula is C23H27N9O3. The first-order valence-corrected chi connectivity index (χ1v) is 11.3. The molecule has 0 radical (unpaired) electrons. The van der Waals surface area contributed by atoms with Crippen LogP contribution in [-0.4, -0.2) is 68.6 Å². The van der Waals surface area contributed by atoms with Gasteiger partial charge < -0.3 is 20.9 Å². The van der Waals surface area contributed by atoms with E-state index in [-0.39, 0.29) is 23.6 Å². The molecule has 182 valence electrons. The molecule has 1 saturated heterocycles. The molecule has 3 aromatic rings. The number of hydrogen-bond donors (Lipinski definition) is 3. The summed E-state index contributed by atoms with van der Waals surface area (Å²) in [5.41, 5.74) is 1.10. The van der Waals surface area contributed by atoms with Crippen molar-refractivity contribution in [3.63, 3.8) is 0 Å². The van der Waals surface area contributed by atoms with Crippen LogP contribution in [0.25, 0.3) is 5.82 Å². The Hall–Kier alpha value is -4.35. The normalized spacial score (nSPS) is 15.3. The molecule has 12 nitrogen and oxygen atoms in total. The molecule has 1 fully saturated rings. The Morgan fingerprint density at radius 1 is 1.03 bits per heavy atom. The summed E-state index contributed by atoms with van der Waals surface area (Å²) < 4.78 is 1.56. The minimum Gasteiger partial charge on any atom is -0.356 e. The van der Waals surface area contributed by atoms with E-state index >= 15 is 0 Å². The maximum absolute atomic E-state index is 12.7. The number of carbonyl (C=O) groups excluding carboxylic acids is 3. The third-order valence-corrected chi connectivity index (χ3v) is 5.59. The van der Waals surface area contributed by atoms with Crippen LogP contribution in [0.3, 0.4) is 0 Å². The topological polar surface area (TPSA) is 147 Å².